The third-order valence-electron chi connectivity index (χ3n) is 6.56. The molecule has 1 aromatic heterocycles. The lowest BCUT2D eigenvalue weighted by molar-refractivity contribution is 0.0947. The van der Waals surface area contributed by atoms with Crippen molar-refractivity contribution in [3.8, 4) is 11.3 Å². The third kappa shape index (κ3) is 6.51. The third-order valence-corrected chi connectivity index (χ3v) is 7.62. The Labute approximate surface area is 234 Å². The highest BCUT2D eigenvalue weighted by Crippen LogP contribution is 2.33. The normalized spacial score (nSPS) is 14.0. The number of carbonyl (C=O) groups excluding carboxylic acids is 1. The second-order valence-electron chi connectivity index (χ2n) is 8.84. The summed E-state index contributed by atoms with van der Waals surface area (Å²) in [5.41, 5.74) is 4.80. The number of rotatable bonds is 8. The van der Waals surface area contributed by atoms with Crippen LogP contribution in [0.15, 0.2) is 48.5 Å². The summed E-state index contributed by atoms with van der Waals surface area (Å²) in [6.45, 7) is 9.99. The minimum Gasteiger partial charge on any atom is -0.368 e. The quantitative estimate of drug-likeness (QED) is 0.324. The van der Waals surface area contributed by atoms with E-state index >= 15 is 0 Å². The number of carbonyl (C=O) groups is 1. The second kappa shape index (κ2) is 13.1. The van der Waals surface area contributed by atoms with E-state index < -0.39 is 0 Å². The van der Waals surface area contributed by atoms with Gasteiger partial charge in [0.2, 0.25) is 0 Å². The van der Waals surface area contributed by atoms with E-state index in [1.54, 1.807) is 0 Å². The molecule has 9 heteroatoms. The van der Waals surface area contributed by atoms with E-state index in [1.165, 1.54) is 0 Å². The fourth-order valence-electron chi connectivity index (χ4n) is 4.62. The zero-order chi connectivity index (χ0) is 24.9. The van der Waals surface area contributed by atoms with Crippen LogP contribution >= 0.6 is 47.2 Å². The Morgan fingerprint density at radius 3 is 2.33 bits per heavy atom. The molecule has 0 bridgehead atoms. The Morgan fingerprint density at radius 1 is 0.972 bits per heavy atom. The van der Waals surface area contributed by atoms with Crippen molar-refractivity contribution < 1.29 is 4.79 Å². The number of halogens is 4. The van der Waals surface area contributed by atoms with Crippen LogP contribution in [0.2, 0.25) is 15.1 Å². The van der Waals surface area contributed by atoms with E-state index in [1.807, 2.05) is 55.5 Å². The molecular weight excluding hydrogens is 538 g/mol. The number of piperazine rings is 1. The topological polar surface area (TPSA) is 40.5 Å². The summed E-state index contributed by atoms with van der Waals surface area (Å²) in [6, 6.07) is 15.5. The zero-order valence-electron chi connectivity index (χ0n) is 20.6. The molecule has 36 heavy (non-hydrogen) atoms. The van der Waals surface area contributed by atoms with Gasteiger partial charge in [-0.05, 0) is 49.2 Å². The van der Waals surface area contributed by atoms with Crippen LogP contribution < -0.4 is 10.2 Å². The van der Waals surface area contributed by atoms with Gasteiger partial charge in [0.1, 0.15) is 0 Å². The molecule has 0 spiro atoms. The Morgan fingerprint density at radius 2 is 1.67 bits per heavy atom. The first-order valence-corrected chi connectivity index (χ1v) is 13.2. The number of anilines is 1. The molecular formula is C27H32Cl4N4O. The molecule has 0 radical (unpaired) electrons. The van der Waals surface area contributed by atoms with Crippen LogP contribution in [0.4, 0.5) is 5.69 Å². The van der Waals surface area contributed by atoms with Crippen LogP contribution in [0.5, 0.6) is 0 Å². The van der Waals surface area contributed by atoms with E-state index in [2.05, 4.69) is 26.6 Å². The van der Waals surface area contributed by atoms with Crippen molar-refractivity contribution in [3.05, 3.63) is 74.9 Å². The Balaban J connectivity index is 0.00000361. The van der Waals surface area contributed by atoms with Crippen LogP contribution in [0.1, 0.15) is 29.4 Å². The van der Waals surface area contributed by atoms with Crippen molar-refractivity contribution in [1.82, 2.24) is 14.8 Å². The van der Waals surface area contributed by atoms with Gasteiger partial charge in [0.05, 0.1) is 21.3 Å². The minimum atomic E-state index is -0.0306. The van der Waals surface area contributed by atoms with E-state index in [-0.39, 0.29) is 18.3 Å². The van der Waals surface area contributed by atoms with Gasteiger partial charge in [0.15, 0.2) is 0 Å². The maximum absolute atomic E-state index is 13.1. The summed E-state index contributed by atoms with van der Waals surface area (Å²) in [4.78, 5) is 17.7. The van der Waals surface area contributed by atoms with Crippen LogP contribution in [0.3, 0.4) is 0 Å². The molecule has 0 saturated carbocycles. The molecule has 1 N–H and O–H groups in total. The van der Waals surface area contributed by atoms with Gasteiger partial charge in [-0.2, -0.15) is 0 Å². The predicted molar refractivity (Wildman–Crippen MR) is 155 cm³/mol. The van der Waals surface area contributed by atoms with Crippen molar-refractivity contribution in [3.63, 3.8) is 0 Å². The number of amides is 1. The molecule has 1 saturated heterocycles. The number of nitrogens with zero attached hydrogens (tertiary/aromatic N) is 3. The predicted octanol–water partition coefficient (Wildman–Crippen LogP) is 6.81. The van der Waals surface area contributed by atoms with Gasteiger partial charge in [0, 0.05) is 62.2 Å². The summed E-state index contributed by atoms with van der Waals surface area (Å²) in [5, 5.41) is 5.01. The SMILES string of the molecule is CCCn1c(-c2ccc(Cl)cc2)cc(C(=O)NCCN2CCN(c3cccc(Cl)c3Cl)CC2)c1C.Cl. The molecule has 3 aromatic rings. The van der Waals surface area contributed by atoms with Gasteiger partial charge in [0.25, 0.3) is 5.91 Å². The van der Waals surface area contributed by atoms with E-state index in [0.717, 1.165) is 73.9 Å². The largest absolute Gasteiger partial charge is 0.368 e. The van der Waals surface area contributed by atoms with Gasteiger partial charge in [-0.3, -0.25) is 9.69 Å². The summed E-state index contributed by atoms with van der Waals surface area (Å²) in [5.74, 6) is -0.0306. The van der Waals surface area contributed by atoms with Crippen molar-refractivity contribution in [2.45, 2.75) is 26.8 Å². The smallest absolute Gasteiger partial charge is 0.253 e. The molecule has 1 fully saturated rings. The molecule has 1 aliphatic rings. The summed E-state index contributed by atoms with van der Waals surface area (Å²) >= 11 is 18.6. The summed E-state index contributed by atoms with van der Waals surface area (Å²) < 4.78 is 2.22. The average molecular weight is 570 g/mol. The Kier molecular flexibility index (Phi) is 10.4. The van der Waals surface area contributed by atoms with Gasteiger partial charge in [-0.15, -0.1) is 12.4 Å². The van der Waals surface area contributed by atoms with Crippen LogP contribution in [-0.2, 0) is 6.54 Å². The Hall–Kier alpha value is -1.89. The van der Waals surface area contributed by atoms with E-state index in [4.69, 9.17) is 34.8 Å². The molecule has 2 heterocycles. The van der Waals surface area contributed by atoms with Crippen LogP contribution in [-0.4, -0.2) is 54.6 Å². The molecule has 4 rings (SSSR count). The second-order valence-corrected chi connectivity index (χ2v) is 10.1. The molecule has 5 nitrogen and oxygen atoms in total. The highest BCUT2D eigenvalue weighted by molar-refractivity contribution is 6.43. The first kappa shape index (κ1) is 28.7. The highest BCUT2D eigenvalue weighted by Gasteiger charge is 2.21. The average Bonchev–Trinajstić information content (AvgIpc) is 3.18. The first-order valence-electron chi connectivity index (χ1n) is 12.0. The number of nitrogens with one attached hydrogen (secondary N) is 1. The lowest BCUT2D eigenvalue weighted by Gasteiger charge is -2.36. The van der Waals surface area contributed by atoms with Crippen LogP contribution in [0, 0.1) is 6.92 Å². The van der Waals surface area contributed by atoms with Crippen molar-refractivity contribution in [2.24, 2.45) is 0 Å². The molecule has 0 aliphatic carbocycles. The van der Waals surface area contributed by atoms with Gasteiger partial charge in [-0.1, -0.05) is 59.9 Å². The van der Waals surface area contributed by atoms with Gasteiger partial charge in [-0.25, -0.2) is 0 Å². The van der Waals surface area contributed by atoms with Crippen molar-refractivity contribution in [2.75, 3.05) is 44.2 Å². The van der Waals surface area contributed by atoms with Gasteiger partial charge >= 0.3 is 0 Å². The highest BCUT2D eigenvalue weighted by atomic mass is 35.5. The summed E-state index contributed by atoms with van der Waals surface area (Å²) in [7, 11) is 0. The zero-order valence-corrected chi connectivity index (χ0v) is 23.7. The Bertz CT molecular complexity index is 1170. The number of hydrogen-bond donors (Lipinski definition) is 1. The molecule has 0 unspecified atom stereocenters. The minimum absolute atomic E-state index is 0. The number of benzene rings is 2. The van der Waals surface area contributed by atoms with Crippen molar-refractivity contribution >= 4 is 58.8 Å². The maximum Gasteiger partial charge on any atom is 0.253 e. The maximum atomic E-state index is 13.1. The van der Waals surface area contributed by atoms with Gasteiger partial charge < -0.3 is 14.8 Å². The number of hydrogen-bond acceptors (Lipinski definition) is 3. The molecule has 0 atom stereocenters. The molecule has 2 aromatic carbocycles. The fourth-order valence-corrected chi connectivity index (χ4v) is 5.16. The van der Waals surface area contributed by atoms with Crippen molar-refractivity contribution in [1.29, 1.82) is 0 Å². The monoisotopic (exact) mass is 568 g/mol. The lowest BCUT2D eigenvalue weighted by Crippen LogP contribution is -2.48. The van der Waals surface area contributed by atoms with Crippen LogP contribution in [0.25, 0.3) is 11.3 Å². The summed E-state index contributed by atoms with van der Waals surface area (Å²) in [6.07, 6.45) is 0.990. The lowest BCUT2D eigenvalue weighted by atomic mass is 10.1. The van der Waals surface area contributed by atoms with E-state index in [0.29, 0.717) is 21.6 Å². The first-order chi connectivity index (χ1) is 16.9. The number of aromatic nitrogens is 1. The molecule has 1 amide bonds. The fraction of sp³-hybridized carbons (Fsp3) is 0.370. The molecule has 1 aliphatic heterocycles. The molecule has 194 valence electrons. The van der Waals surface area contributed by atoms with E-state index in [9.17, 15) is 4.79 Å². The standard InChI is InChI=1S/C27H31Cl3N4O.ClH/c1-3-12-34-19(2)22(18-25(34)20-7-9-21(28)10-8-20)27(35)31-11-13-32-14-16-33(17-15-32)24-6-4-5-23(29)26(24)30;/h4-10,18H,3,11-17H2,1-2H3,(H,31,35);1H.